The van der Waals surface area contributed by atoms with Crippen LogP contribution in [0.4, 0.5) is 0 Å². The van der Waals surface area contributed by atoms with Crippen LogP contribution in [0.5, 0.6) is 0 Å². The predicted octanol–water partition coefficient (Wildman–Crippen LogP) is 0.508. The highest BCUT2D eigenvalue weighted by Gasteiger charge is 2.04. The molecule has 50 valence electrons. The van der Waals surface area contributed by atoms with E-state index in [9.17, 15) is 0 Å². The first kappa shape index (κ1) is 6.68. The molecule has 1 rings (SSSR count). The van der Waals surface area contributed by atoms with Crippen LogP contribution in [0.15, 0.2) is 12.4 Å². The Morgan fingerprint density at radius 1 is 1.78 bits per heavy atom. The SMILES string of the molecule is Cc1n(CS)cc[n+]1C. The second kappa shape index (κ2) is 2.43. The number of imidazole rings is 1. The monoisotopic (exact) mass is 143 g/mol. The second-order valence-corrected chi connectivity index (χ2v) is 2.35. The number of hydrogen-bond donors (Lipinski definition) is 1. The van der Waals surface area contributed by atoms with Gasteiger partial charge in [0, 0.05) is 6.92 Å². The minimum absolute atomic E-state index is 0.757. The van der Waals surface area contributed by atoms with Crippen molar-refractivity contribution in [2.45, 2.75) is 12.8 Å². The molecule has 1 aromatic heterocycles. The molecule has 9 heavy (non-hydrogen) atoms. The van der Waals surface area contributed by atoms with Gasteiger partial charge in [0.15, 0.2) is 0 Å². The van der Waals surface area contributed by atoms with E-state index in [1.807, 2.05) is 19.4 Å². The third-order valence-corrected chi connectivity index (χ3v) is 1.85. The summed E-state index contributed by atoms with van der Waals surface area (Å²) in [6.45, 7) is 2.07. The van der Waals surface area contributed by atoms with Crippen molar-refractivity contribution in [2.24, 2.45) is 7.05 Å². The smallest absolute Gasteiger partial charge is 0.237 e. The van der Waals surface area contributed by atoms with E-state index < -0.39 is 0 Å². The standard InChI is InChI=1S/C6H10N2S/c1-6-7(2)3-4-8(6)5-9/h3-4H,5H2,1-2H3/p+1. The molecule has 0 aromatic carbocycles. The maximum atomic E-state index is 4.14. The Bertz CT molecular complexity index is 205. The van der Waals surface area contributed by atoms with Crippen LogP contribution in [0.25, 0.3) is 0 Å². The zero-order chi connectivity index (χ0) is 6.85. The molecule has 0 aliphatic heterocycles. The van der Waals surface area contributed by atoms with E-state index in [1.165, 1.54) is 5.82 Å². The summed E-state index contributed by atoms with van der Waals surface area (Å²) < 4.78 is 4.14. The van der Waals surface area contributed by atoms with Crippen LogP contribution >= 0.6 is 12.6 Å². The van der Waals surface area contributed by atoms with Gasteiger partial charge in [-0.15, -0.1) is 12.6 Å². The highest BCUT2D eigenvalue weighted by Crippen LogP contribution is 1.92. The number of nitrogens with zero attached hydrogens (tertiary/aromatic N) is 2. The summed E-state index contributed by atoms with van der Waals surface area (Å²) in [4.78, 5) is 0. The molecule has 0 atom stereocenters. The average Bonchev–Trinajstić information content (AvgIpc) is 2.15. The lowest BCUT2D eigenvalue weighted by Gasteiger charge is -1.89. The van der Waals surface area contributed by atoms with E-state index in [1.54, 1.807) is 0 Å². The van der Waals surface area contributed by atoms with Gasteiger partial charge in [0.25, 0.3) is 5.82 Å². The van der Waals surface area contributed by atoms with Crippen LogP contribution < -0.4 is 4.57 Å². The molecule has 0 radical (unpaired) electrons. The van der Waals surface area contributed by atoms with E-state index in [4.69, 9.17) is 0 Å². The lowest BCUT2D eigenvalue weighted by molar-refractivity contribution is -0.677. The Morgan fingerprint density at radius 2 is 2.44 bits per heavy atom. The molecular formula is C6H11N2S+. The summed E-state index contributed by atoms with van der Waals surface area (Å²) in [7, 11) is 2.02. The average molecular weight is 143 g/mol. The fourth-order valence-electron chi connectivity index (χ4n) is 0.748. The number of hydrogen-bond acceptors (Lipinski definition) is 1. The molecule has 0 aliphatic rings. The van der Waals surface area contributed by atoms with Gasteiger partial charge in [-0.2, -0.15) is 0 Å². The highest BCUT2D eigenvalue weighted by atomic mass is 32.1. The maximum absolute atomic E-state index is 4.14. The Hall–Kier alpha value is -0.440. The fraction of sp³-hybridized carbons (Fsp3) is 0.500. The molecule has 0 spiro atoms. The molecule has 2 nitrogen and oxygen atoms in total. The van der Waals surface area contributed by atoms with Crippen LogP contribution in [0.2, 0.25) is 0 Å². The lowest BCUT2D eigenvalue weighted by atomic mass is 10.7. The van der Waals surface area contributed by atoms with Crippen molar-refractivity contribution in [1.29, 1.82) is 0 Å². The van der Waals surface area contributed by atoms with Gasteiger partial charge in [-0.3, -0.25) is 0 Å². The van der Waals surface area contributed by atoms with Crippen molar-refractivity contribution >= 4 is 12.6 Å². The number of thiol groups is 1. The van der Waals surface area contributed by atoms with E-state index >= 15 is 0 Å². The van der Waals surface area contributed by atoms with Crippen LogP contribution in [-0.4, -0.2) is 4.57 Å². The van der Waals surface area contributed by atoms with E-state index in [-0.39, 0.29) is 0 Å². The predicted molar refractivity (Wildman–Crippen MR) is 39.3 cm³/mol. The van der Waals surface area contributed by atoms with Gasteiger partial charge < -0.3 is 0 Å². The molecule has 0 amide bonds. The normalized spacial score (nSPS) is 10.1. The molecule has 1 aromatic rings. The van der Waals surface area contributed by atoms with Crippen molar-refractivity contribution in [3.8, 4) is 0 Å². The molecule has 0 saturated heterocycles. The first-order chi connectivity index (χ1) is 4.25. The fourth-order valence-corrected chi connectivity index (χ4v) is 1.05. The first-order valence-electron chi connectivity index (χ1n) is 2.88. The van der Waals surface area contributed by atoms with Gasteiger partial charge in [-0.05, 0) is 0 Å². The highest BCUT2D eigenvalue weighted by molar-refractivity contribution is 7.79. The molecule has 1 heterocycles. The lowest BCUT2D eigenvalue weighted by Crippen LogP contribution is -2.29. The van der Waals surface area contributed by atoms with Gasteiger partial charge in [-0.1, -0.05) is 0 Å². The van der Waals surface area contributed by atoms with E-state index in [0.717, 1.165) is 5.88 Å². The maximum Gasteiger partial charge on any atom is 0.253 e. The molecule has 0 fully saturated rings. The third-order valence-electron chi connectivity index (χ3n) is 1.55. The summed E-state index contributed by atoms with van der Waals surface area (Å²) >= 11 is 4.14. The molecule has 0 N–H and O–H groups in total. The Kier molecular flexibility index (Phi) is 1.81. The Balaban J connectivity index is 3.04. The molecular weight excluding hydrogens is 132 g/mol. The van der Waals surface area contributed by atoms with Gasteiger partial charge in [0.1, 0.15) is 18.3 Å². The van der Waals surface area contributed by atoms with Crippen LogP contribution in [0.3, 0.4) is 0 Å². The van der Waals surface area contributed by atoms with Gasteiger partial charge in [0.05, 0.1) is 7.05 Å². The molecule has 0 saturated carbocycles. The van der Waals surface area contributed by atoms with Crippen molar-refractivity contribution in [1.82, 2.24) is 4.57 Å². The number of aromatic nitrogens is 2. The second-order valence-electron chi connectivity index (χ2n) is 2.07. The van der Waals surface area contributed by atoms with Crippen molar-refractivity contribution in [3.63, 3.8) is 0 Å². The molecule has 3 heteroatoms. The minimum atomic E-state index is 0.757. The summed E-state index contributed by atoms with van der Waals surface area (Å²) in [5, 5.41) is 0. The van der Waals surface area contributed by atoms with E-state index in [2.05, 4.69) is 28.7 Å². The topological polar surface area (TPSA) is 8.81 Å². The largest absolute Gasteiger partial charge is 0.253 e. The van der Waals surface area contributed by atoms with E-state index in [0.29, 0.717) is 0 Å². The van der Waals surface area contributed by atoms with Crippen molar-refractivity contribution < 1.29 is 4.57 Å². The van der Waals surface area contributed by atoms with Gasteiger partial charge in [-0.25, -0.2) is 9.13 Å². The molecule has 0 bridgehead atoms. The number of rotatable bonds is 1. The van der Waals surface area contributed by atoms with Gasteiger partial charge in [0.2, 0.25) is 0 Å². The summed E-state index contributed by atoms with van der Waals surface area (Å²) in [6, 6.07) is 0. The zero-order valence-corrected chi connectivity index (χ0v) is 6.60. The number of aryl methyl sites for hydroxylation is 1. The Labute approximate surface area is 60.5 Å². The summed E-state index contributed by atoms with van der Waals surface area (Å²) in [5.41, 5.74) is 0. The van der Waals surface area contributed by atoms with Crippen molar-refractivity contribution in [2.75, 3.05) is 0 Å². The first-order valence-corrected chi connectivity index (χ1v) is 3.51. The molecule has 0 aliphatic carbocycles. The summed E-state index contributed by atoms with van der Waals surface area (Å²) in [5.74, 6) is 1.98. The third kappa shape index (κ3) is 1.10. The zero-order valence-electron chi connectivity index (χ0n) is 5.70. The quantitative estimate of drug-likeness (QED) is 0.433. The van der Waals surface area contributed by atoms with Crippen LogP contribution in [0, 0.1) is 6.92 Å². The minimum Gasteiger partial charge on any atom is -0.237 e. The summed E-state index contributed by atoms with van der Waals surface area (Å²) in [6.07, 6.45) is 4.04. The van der Waals surface area contributed by atoms with Crippen LogP contribution in [0.1, 0.15) is 5.82 Å². The van der Waals surface area contributed by atoms with Crippen molar-refractivity contribution in [3.05, 3.63) is 18.2 Å². The molecule has 0 unspecified atom stereocenters. The van der Waals surface area contributed by atoms with Crippen LogP contribution in [-0.2, 0) is 12.9 Å². The Morgan fingerprint density at radius 3 is 2.67 bits per heavy atom. The van der Waals surface area contributed by atoms with Gasteiger partial charge >= 0.3 is 0 Å².